The van der Waals surface area contributed by atoms with Crippen molar-refractivity contribution in [3.63, 3.8) is 0 Å². The zero-order valence-corrected chi connectivity index (χ0v) is 26.7. The van der Waals surface area contributed by atoms with Crippen LogP contribution in [0, 0.1) is 17.3 Å². The quantitative estimate of drug-likeness (QED) is 0.404. The van der Waals surface area contributed by atoms with Crippen LogP contribution in [-0.4, -0.2) is 51.0 Å². The van der Waals surface area contributed by atoms with E-state index in [-0.39, 0.29) is 29.3 Å². The second kappa shape index (κ2) is 11.8. The molecule has 232 valence electrons. The molecule has 1 saturated carbocycles. The standard InChI is InChI=1S/C34H43ClN2O5S/c1-3-6-31-23(2)7-4-14-33(21-38)16-13-26(33)19-37-20-34(15-5-8-24-17-27(35)10-11-28(24)34)22-42-30-12-9-25(18-29(30)37)32(39)36-43(31,40)41/h4,9-12,14,17-18,23,26,31,38H,3,5-8,13,15-16,19-22H2,1-2H3,(H,36,39)/b14-4-/t23-,26+,31-,33-,34+/m1/s1. The number of hydrogen-bond donors (Lipinski definition) is 2. The summed E-state index contributed by atoms with van der Waals surface area (Å²) in [6.07, 6.45) is 10.8. The lowest BCUT2D eigenvalue weighted by Gasteiger charge is -2.50. The van der Waals surface area contributed by atoms with Gasteiger partial charge in [-0.15, -0.1) is 0 Å². The van der Waals surface area contributed by atoms with Crippen molar-refractivity contribution in [2.24, 2.45) is 17.3 Å². The van der Waals surface area contributed by atoms with Gasteiger partial charge in [-0.2, -0.15) is 0 Å². The maximum atomic E-state index is 13.5. The van der Waals surface area contributed by atoms with Gasteiger partial charge in [0, 0.05) is 34.5 Å². The first-order valence-corrected chi connectivity index (χ1v) is 17.7. The van der Waals surface area contributed by atoms with Crippen molar-refractivity contribution < 1.29 is 23.1 Å². The third kappa shape index (κ3) is 5.59. The molecule has 0 saturated heterocycles. The van der Waals surface area contributed by atoms with Crippen LogP contribution >= 0.6 is 11.6 Å². The number of aliphatic hydroxyl groups is 1. The topological polar surface area (TPSA) is 95.9 Å². The zero-order chi connectivity index (χ0) is 30.4. The Morgan fingerprint density at radius 2 is 2.02 bits per heavy atom. The van der Waals surface area contributed by atoms with E-state index in [9.17, 15) is 18.3 Å². The summed E-state index contributed by atoms with van der Waals surface area (Å²) in [6.45, 7) is 5.82. The van der Waals surface area contributed by atoms with Crippen LogP contribution in [0.25, 0.3) is 0 Å². The number of aryl methyl sites for hydroxylation is 1. The Balaban J connectivity index is 1.45. The minimum atomic E-state index is -3.92. The van der Waals surface area contributed by atoms with Crippen LogP contribution in [0.4, 0.5) is 5.69 Å². The van der Waals surface area contributed by atoms with Crippen molar-refractivity contribution >= 4 is 33.2 Å². The highest BCUT2D eigenvalue weighted by atomic mass is 35.5. The molecule has 2 aromatic carbocycles. The SMILES string of the molecule is CCC[C@@H]1[C@H](C)C/C=C\[C@]2(CO)CC[C@H]2CN2C[C@@]3(CCCc4cc(Cl)ccc43)COc3ccc(cc32)C(=O)NS1(=O)=O. The molecule has 2 aromatic rings. The smallest absolute Gasteiger partial charge is 0.264 e. The number of rotatable bonds is 3. The Morgan fingerprint density at radius 3 is 2.77 bits per heavy atom. The molecule has 5 atom stereocenters. The average Bonchev–Trinajstić information content (AvgIpc) is 3.12. The van der Waals surface area contributed by atoms with Gasteiger partial charge in [-0.1, -0.05) is 50.1 Å². The molecule has 1 fully saturated rings. The Morgan fingerprint density at radius 1 is 1.19 bits per heavy atom. The number of carbonyl (C=O) groups excluding carboxylic acids is 1. The van der Waals surface area contributed by atoms with Gasteiger partial charge < -0.3 is 14.7 Å². The molecule has 2 bridgehead atoms. The van der Waals surface area contributed by atoms with Crippen LogP contribution in [0.2, 0.25) is 5.02 Å². The van der Waals surface area contributed by atoms with E-state index in [0.29, 0.717) is 50.3 Å². The summed E-state index contributed by atoms with van der Waals surface area (Å²) in [4.78, 5) is 15.8. The first-order chi connectivity index (χ1) is 20.6. The maximum absolute atomic E-state index is 13.5. The van der Waals surface area contributed by atoms with Crippen molar-refractivity contribution in [1.29, 1.82) is 0 Å². The van der Waals surface area contributed by atoms with E-state index in [4.69, 9.17) is 16.3 Å². The van der Waals surface area contributed by atoms with Crippen molar-refractivity contribution in [1.82, 2.24) is 4.72 Å². The van der Waals surface area contributed by atoms with E-state index in [1.807, 2.05) is 19.9 Å². The van der Waals surface area contributed by atoms with E-state index in [2.05, 4.69) is 33.9 Å². The van der Waals surface area contributed by atoms with Crippen LogP contribution in [-0.2, 0) is 21.9 Å². The molecular weight excluding hydrogens is 584 g/mol. The fourth-order valence-electron chi connectivity index (χ4n) is 7.96. The third-order valence-electron chi connectivity index (χ3n) is 10.6. The Hall–Kier alpha value is -2.55. The summed E-state index contributed by atoms with van der Waals surface area (Å²) < 4.78 is 36.1. The normalized spacial score (nSPS) is 32.5. The highest BCUT2D eigenvalue weighted by Gasteiger charge is 2.48. The largest absolute Gasteiger partial charge is 0.490 e. The molecular formula is C34H43ClN2O5S. The Kier molecular flexibility index (Phi) is 8.33. The number of nitrogens with zero attached hydrogens (tertiary/aromatic N) is 1. The van der Waals surface area contributed by atoms with E-state index in [1.165, 1.54) is 11.1 Å². The van der Waals surface area contributed by atoms with Gasteiger partial charge in [-0.05, 0) is 98.2 Å². The number of amides is 1. The molecule has 4 aliphatic rings. The first kappa shape index (κ1) is 30.5. The fourth-order valence-corrected chi connectivity index (χ4v) is 9.95. The summed E-state index contributed by atoms with van der Waals surface area (Å²) in [5.41, 5.74) is 2.97. The number of fused-ring (bicyclic) bond motifs is 4. The highest BCUT2D eigenvalue weighted by molar-refractivity contribution is 7.90. The molecule has 0 aromatic heterocycles. The highest BCUT2D eigenvalue weighted by Crippen LogP contribution is 2.51. The number of ether oxygens (including phenoxy) is 1. The average molecular weight is 627 g/mol. The molecule has 2 heterocycles. The van der Waals surface area contributed by atoms with Gasteiger partial charge in [0.05, 0.1) is 24.2 Å². The lowest BCUT2D eigenvalue weighted by Crippen LogP contribution is -2.51. The molecule has 0 unspecified atom stereocenters. The molecule has 2 aliphatic carbocycles. The third-order valence-corrected chi connectivity index (χ3v) is 12.8. The molecule has 2 N–H and O–H groups in total. The van der Waals surface area contributed by atoms with Gasteiger partial charge in [-0.3, -0.25) is 4.79 Å². The summed E-state index contributed by atoms with van der Waals surface area (Å²) in [7, 11) is -3.92. The van der Waals surface area contributed by atoms with Crippen molar-refractivity contribution in [3.8, 4) is 5.75 Å². The number of carbonyl (C=O) groups is 1. The van der Waals surface area contributed by atoms with Crippen LogP contribution in [0.5, 0.6) is 5.75 Å². The minimum absolute atomic E-state index is 0.0446. The van der Waals surface area contributed by atoms with Gasteiger partial charge in [0.1, 0.15) is 5.75 Å². The maximum Gasteiger partial charge on any atom is 0.264 e. The molecule has 9 heteroatoms. The minimum Gasteiger partial charge on any atom is -0.490 e. The summed E-state index contributed by atoms with van der Waals surface area (Å²) in [5.74, 6) is 0.0854. The Labute approximate surface area is 260 Å². The summed E-state index contributed by atoms with van der Waals surface area (Å²) >= 11 is 6.40. The van der Waals surface area contributed by atoms with Gasteiger partial charge in [0.15, 0.2) is 0 Å². The van der Waals surface area contributed by atoms with Crippen LogP contribution in [0.1, 0.15) is 80.3 Å². The van der Waals surface area contributed by atoms with E-state index in [1.54, 1.807) is 18.2 Å². The van der Waals surface area contributed by atoms with Crippen LogP contribution in [0.15, 0.2) is 48.6 Å². The molecule has 1 spiro atoms. The van der Waals surface area contributed by atoms with E-state index in [0.717, 1.165) is 42.8 Å². The fraction of sp³-hybridized carbons (Fsp3) is 0.559. The number of nitrogens with one attached hydrogen (secondary N) is 1. The summed E-state index contributed by atoms with van der Waals surface area (Å²) in [6, 6.07) is 11.4. The second-order valence-electron chi connectivity index (χ2n) is 13.3. The van der Waals surface area contributed by atoms with Gasteiger partial charge >= 0.3 is 0 Å². The van der Waals surface area contributed by atoms with Gasteiger partial charge in [0.25, 0.3) is 5.91 Å². The van der Waals surface area contributed by atoms with Gasteiger partial charge in [-0.25, -0.2) is 13.1 Å². The van der Waals surface area contributed by atoms with Crippen LogP contribution < -0.4 is 14.4 Å². The number of sulfonamides is 1. The van der Waals surface area contributed by atoms with E-state index >= 15 is 0 Å². The summed E-state index contributed by atoms with van der Waals surface area (Å²) in [5, 5.41) is 10.7. The van der Waals surface area contributed by atoms with Crippen molar-refractivity contribution in [2.75, 3.05) is 31.2 Å². The monoisotopic (exact) mass is 626 g/mol. The molecule has 2 aliphatic heterocycles. The lowest BCUT2D eigenvalue weighted by atomic mass is 9.59. The molecule has 1 amide bonds. The molecule has 6 rings (SSSR count). The number of hydrogen-bond acceptors (Lipinski definition) is 6. The predicted octanol–water partition coefficient (Wildman–Crippen LogP) is 6.03. The van der Waals surface area contributed by atoms with Crippen molar-refractivity contribution in [3.05, 3.63) is 70.3 Å². The first-order valence-electron chi connectivity index (χ1n) is 15.7. The van der Waals surface area contributed by atoms with Crippen molar-refractivity contribution in [2.45, 2.75) is 75.9 Å². The number of anilines is 1. The van der Waals surface area contributed by atoms with E-state index < -0.39 is 21.2 Å². The molecule has 43 heavy (non-hydrogen) atoms. The van der Waals surface area contributed by atoms with Crippen LogP contribution in [0.3, 0.4) is 0 Å². The molecule has 0 radical (unpaired) electrons. The number of halogens is 1. The number of aliphatic hydroxyl groups excluding tert-OH is 1. The molecule has 7 nitrogen and oxygen atoms in total. The predicted molar refractivity (Wildman–Crippen MR) is 170 cm³/mol. The lowest BCUT2D eigenvalue weighted by molar-refractivity contribution is 0.0213. The number of allylic oxidation sites excluding steroid dienone is 1. The number of benzene rings is 2. The Bertz CT molecular complexity index is 1520. The van der Waals surface area contributed by atoms with Gasteiger partial charge in [0.2, 0.25) is 10.0 Å². The second-order valence-corrected chi connectivity index (χ2v) is 15.7. The zero-order valence-electron chi connectivity index (χ0n) is 25.1.